The maximum absolute atomic E-state index is 12.2. The number of amides is 1. The molecule has 0 unspecified atom stereocenters. The van der Waals surface area contributed by atoms with Crippen molar-refractivity contribution in [2.75, 3.05) is 11.9 Å². The summed E-state index contributed by atoms with van der Waals surface area (Å²) in [6.07, 6.45) is 0. The summed E-state index contributed by atoms with van der Waals surface area (Å²) >= 11 is 6.02. The van der Waals surface area contributed by atoms with Crippen molar-refractivity contribution in [1.82, 2.24) is 9.78 Å². The summed E-state index contributed by atoms with van der Waals surface area (Å²) in [5.74, 6) is -0.938. The van der Waals surface area contributed by atoms with Crippen LogP contribution in [-0.2, 0) is 11.8 Å². The largest absolute Gasteiger partial charge is 0.461 e. The van der Waals surface area contributed by atoms with Crippen LogP contribution in [0.2, 0.25) is 5.02 Å². The first-order valence-corrected chi connectivity index (χ1v) is 7.09. The third-order valence-electron chi connectivity index (χ3n) is 3.11. The Morgan fingerprint density at radius 1 is 1.41 bits per heavy atom. The lowest BCUT2D eigenvalue weighted by Crippen LogP contribution is -2.13. The summed E-state index contributed by atoms with van der Waals surface area (Å²) in [5.41, 5.74) is 1.71. The summed E-state index contributed by atoms with van der Waals surface area (Å²) < 4.78 is 6.22. The molecule has 1 amide bonds. The molecule has 6 nitrogen and oxygen atoms in total. The molecule has 1 aromatic heterocycles. The van der Waals surface area contributed by atoms with Crippen LogP contribution in [0.4, 0.5) is 5.69 Å². The van der Waals surface area contributed by atoms with Gasteiger partial charge in [-0.3, -0.25) is 9.48 Å². The van der Waals surface area contributed by atoms with Crippen molar-refractivity contribution in [2.24, 2.45) is 7.05 Å². The molecule has 1 N–H and O–H groups in total. The lowest BCUT2D eigenvalue weighted by atomic mass is 10.2. The van der Waals surface area contributed by atoms with Crippen LogP contribution in [-0.4, -0.2) is 28.3 Å². The molecule has 0 fully saturated rings. The van der Waals surface area contributed by atoms with Crippen molar-refractivity contribution in [2.45, 2.75) is 13.8 Å². The Labute approximate surface area is 133 Å². The smallest absolute Gasteiger partial charge is 0.356 e. The summed E-state index contributed by atoms with van der Waals surface area (Å²) in [7, 11) is 1.58. The second kappa shape index (κ2) is 6.62. The van der Waals surface area contributed by atoms with E-state index in [0.29, 0.717) is 10.7 Å². The molecule has 22 heavy (non-hydrogen) atoms. The summed E-state index contributed by atoms with van der Waals surface area (Å²) in [6.45, 7) is 3.78. The van der Waals surface area contributed by atoms with Crippen LogP contribution in [0.3, 0.4) is 0 Å². The molecule has 0 aliphatic heterocycles. The molecular weight excluding hydrogens is 306 g/mol. The Bertz CT molecular complexity index is 725. The highest BCUT2D eigenvalue weighted by molar-refractivity contribution is 6.31. The van der Waals surface area contributed by atoms with E-state index in [0.717, 1.165) is 5.56 Å². The van der Waals surface area contributed by atoms with E-state index in [4.69, 9.17) is 16.3 Å². The monoisotopic (exact) mass is 321 g/mol. The highest BCUT2D eigenvalue weighted by Gasteiger charge is 2.19. The number of nitrogens with zero attached hydrogens (tertiary/aromatic N) is 2. The molecule has 0 bridgehead atoms. The minimum atomic E-state index is -0.518. The normalized spacial score (nSPS) is 10.4. The van der Waals surface area contributed by atoms with Gasteiger partial charge in [0.15, 0.2) is 5.69 Å². The van der Waals surface area contributed by atoms with E-state index in [1.54, 1.807) is 39.1 Å². The molecule has 7 heteroatoms. The molecule has 2 rings (SSSR count). The fraction of sp³-hybridized carbons (Fsp3) is 0.267. The number of anilines is 1. The molecule has 0 spiro atoms. The third kappa shape index (κ3) is 3.28. The first-order chi connectivity index (χ1) is 10.4. The predicted octanol–water partition coefficient (Wildman–Crippen LogP) is 2.81. The number of ether oxygens (including phenoxy) is 1. The number of benzene rings is 1. The van der Waals surface area contributed by atoms with Crippen LogP contribution in [0.1, 0.15) is 33.5 Å². The molecule has 0 atom stereocenters. The minimum absolute atomic E-state index is 0.130. The van der Waals surface area contributed by atoms with Gasteiger partial charge < -0.3 is 10.1 Å². The van der Waals surface area contributed by atoms with Crippen LogP contribution >= 0.6 is 11.6 Å². The fourth-order valence-corrected chi connectivity index (χ4v) is 2.08. The standard InChI is InChI=1S/C15H16ClN3O3/c1-4-22-15(21)13-8-12(18-19(13)3)14(20)17-11-7-5-6-10(16)9(11)2/h5-8H,4H2,1-3H3,(H,17,20). The molecular formula is C15H16ClN3O3. The van der Waals surface area contributed by atoms with Gasteiger partial charge in [-0.15, -0.1) is 0 Å². The number of hydrogen-bond donors (Lipinski definition) is 1. The Morgan fingerprint density at radius 3 is 2.82 bits per heavy atom. The third-order valence-corrected chi connectivity index (χ3v) is 3.52. The van der Waals surface area contributed by atoms with Gasteiger partial charge in [0, 0.05) is 23.8 Å². The SMILES string of the molecule is CCOC(=O)c1cc(C(=O)Nc2cccc(Cl)c2C)nn1C. The minimum Gasteiger partial charge on any atom is -0.461 e. The van der Waals surface area contributed by atoms with Gasteiger partial charge >= 0.3 is 5.97 Å². The summed E-state index contributed by atoms with van der Waals surface area (Å²) in [6, 6.07) is 6.63. The molecule has 0 aliphatic rings. The molecule has 0 saturated carbocycles. The molecule has 116 valence electrons. The number of aromatic nitrogens is 2. The maximum atomic E-state index is 12.2. The maximum Gasteiger partial charge on any atom is 0.356 e. The average molecular weight is 322 g/mol. The van der Waals surface area contributed by atoms with Gasteiger partial charge in [0.25, 0.3) is 5.91 Å². The number of aryl methyl sites for hydroxylation is 1. The first-order valence-electron chi connectivity index (χ1n) is 6.71. The van der Waals surface area contributed by atoms with Crippen molar-refractivity contribution >= 4 is 29.2 Å². The van der Waals surface area contributed by atoms with Crippen LogP contribution < -0.4 is 5.32 Å². The Balaban J connectivity index is 2.22. The van der Waals surface area contributed by atoms with E-state index < -0.39 is 11.9 Å². The topological polar surface area (TPSA) is 73.2 Å². The lowest BCUT2D eigenvalue weighted by molar-refractivity contribution is 0.0513. The zero-order chi connectivity index (χ0) is 16.3. The molecule has 0 saturated heterocycles. The van der Waals surface area contributed by atoms with Crippen molar-refractivity contribution in [3.63, 3.8) is 0 Å². The van der Waals surface area contributed by atoms with Crippen LogP contribution in [0, 0.1) is 6.92 Å². The van der Waals surface area contributed by atoms with Crippen LogP contribution in [0.15, 0.2) is 24.3 Å². The molecule has 0 radical (unpaired) electrons. The quantitative estimate of drug-likeness (QED) is 0.879. The molecule has 0 aliphatic carbocycles. The summed E-state index contributed by atoms with van der Waals surface area (Å²) in [4.78, 5) is 24.0. The zero-order valence-electron chi connectivity index (χ0n) is 12.5. The zero-order valence-corrected chi connectivity index (χ0v) is 13.3. The van der Waals surface area contributed by atoms with Gasteiger partial charge in [0.05, 0.1) is 6.61 Å². The van der Waals surface area contributed by atoms with E-state index in [1.807, 2.05) is 0 Å². The van der Waals surface area contributed by atoms with E-state index >= 15 is 0 Å². The summed E-state index contributed by atoms with van der Waals surface area (Å²) in [5, 5.41) is 7.32. The van der Waals surface area contributed by atoms with Gasteiger partial charge in [0.2, 0.25) is 0 Å². The average Bonchev–Trinajstić information content (AvgIpc) is 2.86. The van der Waals surface area contributed by atoms with Gasteiger partial charge in [-0.1, -0.05) is 17.7 Å². The van der Waals surface area contributed by atoms with E-state index in [1.165, 1.54) is 10.7 Å². The number of nitrogens with one attached hydrogen (secondary N) is 1. The van der Waals surface area contributed by atoms with Gasteiger partial charge in [-0.2, -0.15) is 5.10 Å². The predicted molar refractivity (Wildman–Crippen MR) is 83.3 cm³/mol. The molecule has 2 aromatic rings. The van der Waals surface area contributed by atoms with Gasteiger partial charge in [0.1, 0.15) is 5.69 Å². The Kier molecular flexibility index (Phi) is 4.82. The second-order valence-corrected chi connectivity index (χ2v) is 5.03. The number of carbonyl (C=O) groups is 2. The van der Waals surface area contributed by atoms with Crippen molar-refractivity contribution < 1.29 is 14.3 Å². The van der Waals surface area contributed by atoms with Crippen LogP contribution in [0.5, 0.6) is 0 Å². The second-order valence-electron chi connectivity index (χ2n) is 4.63. The molecule has 1 heterocycles. The number of halogens is 1. The van der Waals surface area contributed by atoms with E-state index in [2.05, 4.69) is 10.4 Å². The number of esters is 1. The Hall–Kier alpha value is -2.34. The van der Waals surface area contributed by atoms with Crippen molar-refractivity contribution in [3.05, 3.63) is 46.2 Å². The molecule has 1 aromatic carbocycles. The highest BCUT2D eigenvalue weighted by Crippen LogP contribution is 2.23. The van der Waals surface area contributed by atoms with Gasteiger partial charge in [-0.05, 0) is 31.5 Å². The number of carbonyl (C=O) groups excluding carboxylic acids is 2. The van der Waals surface area contributed by atoms with Gasteiger partial charge in [-0.25, -0.2) is 4.79 Å². The van der Waals surface area contributed by atoms with Crippen molar-refractivity contribution in [1.29, 1.82) is 0 Å². The lowest BCUT2D eigenvalue weighted by Gasteiger charge is -2.07. The van der Waals surface area contributed by atoms with Crippen LogP contribution in [0.25, 0.3) is 0 Å². The number of rotatable bonds is 4. The highest BCUT2D eigenvalue weighted by atomic mass is 35.5. The van der Waals surface area contributed by atoms with E-state index in [9.17, 15) is 9.59 Å². The number of hydrogen-bond acceptors (Lipinski definition) is 4. The Morgan fingerprint density at radius 2 is 2.14 bits per heavy atom. The first kappa shape index (κ1) is 16.0. The fourth-order valence-electron chi connectivity index (χ4n) is 1.90. The van der Waals surface area contributed by atoms with Crippen molar-refractivity contribution in [3.8, 4) is 0 Å². The van der Waals surface area contributed by atoms with E-state index in [-0.39, 0.29) is 18.0 Å².